The molecule has 0 aliphatic carbocycles. The van der Waals surface area contributed by atoms with Gasteiger partial charge in [-0.2, -0.15) is 0 Å². The molecule has 0 saturated carbocycles. The van der Waals surface area contributed by atoms with E-state index in [1.807, 2.05) is 6.92 Å². The van der Waals surface area contributed by atoms with E-state index >= 15 is 0 Å². The van der Waals surface area contributed by atoms with Crippen LogP contribution in [0, 0.1) is 6.92 Å². The van der Waals surface area contributed by atoms with Crippen LogP contribution in [0.3, 0.4) is 0 Å². The largest absolute Gasteiger partial charge is 0.461 e. The number of esters is 1. The van der Waals surface area contributed by atoms with E-state index in [2.05, 4.69) is 12.8 Å². The van der Waals surface area contributed by atoms with Crippen LogP contribution in [0.2, 0.25) is 10.0 Å². The highest BCUT2D eigenvalue weighted by Gasteiger charge is 2.39. The number of carbonyl (C=O) groups excluding carboxylic acids is 1. The zero-order chi connectivity index (χ0) is 21.3. The number of aromatic nitrogens is 1. The highest BCUT2D eigenvalue weighted by molar-refractivity contribution is 7.79. The lowest BCUT2D eigenvalue weighted by Crippen LogP contribution is -2.25. The van der Waals surface area contributed by atoms with Crippen LogP contribution in [-0.2, 0) is 13.8 Å². The number of fused-ring (bicyclic) bond motifs is 1. The minimum atomic E-state index is -3.75. The van der Waals surface area contributed by atoms with E-state index in [1.54, 1.807) is 50.2 Å². The lowest BCUT2D eigenvalue weighted by Gasteiger charge is -2.20. The molecular formula is C20H20Cl2NO4PS. The van der Waals surface area contributed by atoms with Crippen molar-refractivity contribution in [2.24, 2.45) is 0 Å². The molecule has 0 amide bonds. The van der Waals surface area contributed by atoms with Crippen molar-refractivity contribution >= 4 is 70.9 Å². The van der Waals surface area contributed by atoms with Gasteiger partial charge in [0.2, 0.25) is 0 Å². The fourth-order valence-electron chi connectivity index (χ4n) is 3.25. The maximum atomic E-state index is 14.4. The van der Waals surface area contributed by atoms with Gasteiger partial charge in [0.25, 0.3) is 7.37 Å². The second-order valence-corrected chi connectivity index (χ2v) is 9.94. The minimum absolute atomic E-state index is 0.0434. The average molecular weight is 472 g/mol. The third kappa shape index (κ3) is 4.10. The highest BCUT2D eigenvalue weighted by atomic mass is 35.5. The predicted octanol–water partition coefficient (Wildman–Crippen LogP) is 5.39. The topological polar surface area (TPSA) is 57.5 Å². The zero-order valence-electron chi connectivity index (χ0n) is 16.1. The molecule has 0 spiro atoms. The molecule has 29 heavy (non-hydrogen) atoms. The van der Waals surface area contributed by atoms with Gasteiger partial charge in [-0.05, 0) is 62.7 Å². The normalized spacial score (nSPS) is 13.4. The van der Waals surface area contributed by atoms with Gasteiger partial charge in [-0.25, -0.2) is 4.79 Å². The van der Waals surface area contributed by atoms with Crippen LogP contribution in [0.25, 0.3) is 10.9 Å². The van der Waals surface area contributed by atoms with Crippen LogP contribution in [0.5, 0.6) is 0 Å². The summed E-state index contributed by atoms with van der Waals surface area (Å²) in [6.45, 7) is 5.59. The summed E-state index contributed by atoms with van der Waals surface area (Å²) >= 11 is 16.9. The number of halogens is 2. The van der Waals surface area contributed by atoms with Gasteiger partial charge in [0.05, 0.1) is 24.0 Å². The molecule has 0 aliphatic rings. The van der Waals surface area contributed by atoms with Crippen molar-refractivity contribution in [3.8, 4) is 0 Å². The molecule has 1 aromatic heterocycles. The summed E-state index contributed by atoms with van der Waals surface area (Å²) < 4.78 is 26.8. The summed E-state index contributed by atoms with van der Waals surface area (Å²) in [6, 6.07) is 10.1. The summed E-state index contributed by atoms with van der Waals surface area (Å²) in [7, 11) is -3.75. The molecule has 0 fully saturated rings. The molecular weight excluding hydrogens is 452 g/mol. The Balaban J connectivity index is 2.46. The molecule has 1 atom stereocenters. The highest BCUT2D eigenvalue weighted by Crippen LogP contribution is 2.49. The van der Waals surface area contributed by atoms with Crippen LogP contribution < -0.4 is 10.6 Å². The molecule has 0 aliphatic heterocycles. The summed E-state index contributed by atoms with van der Waals surface area (Å²) in [5.74, 6) is -0.650. The fraction of sp³-hybridized carbons (Fsp3) is 0.250. The summed E-state index contributed by atoms with van der Waals surface area (Å²) in [6.07, 6.45) is 0. The number of hydrogen-bond acceptors (Lipinski definition) is 5. The average Bonchev–Trinajstić information content (AvgIpc) is 2.93. The number of thiol groups is 1. The summed E-state index contributed by atoms with van der Waals surface area (Å²) in [5, 5.41) is 1.94. The van der Waals surface area contributed by atoms with Crippen LogP contribution in [-0.4, -0.2) is 23.2 Å². The van der Waals surface area contributed by atoms with Gasteiger partial charge >= 0.3 is 5.97 Å². The van der Waals surface area contributed by atoms with Crippen LogP contribution in [0.15, 0.2) is 36.4 Å². The Bertz CT molecular complexity index is 1120. The first kappa shape index (κ1) is 22.3. The Kier molecular flexibility index (Phi) is 6.71. The molecule has 0 N–H and O–H groups in total. The third-order valence-electron chi connectivity index (χ3n) is 4.32. The molecule has 9 heteroatoms. The molecule has 2 aromatic carbocycles. The van der Waals surface area contributed by atoms with E-state index in [1.165, 1.54) is 3.97 Å². The predicted molar refractivity (Wildman–Crippen MR) is 122 cm³/mol. The van der Waals surface area contributed by atoms with E-state index < -0.39 is 13.3 Å². The van der Waals surface area contributed by atoms with E-state index in [-0.39, 0.29) is 24.2 Å². The second-order valence-electron chi connectivity index (χ2n) is 6.35. The SMILES string of the molecule is CCOC(=O)c1c(P(=O)(OCC)c2cc(C)cc(Cl)c2)c2cc(Cl)ccc2n1S. The first-order valence-electron chi connectivity index (χ1n) is 8.96. The second kappa shape index (κ2) is 8.75. The van der Waals surface area contributed by atoms with Crippen LogP contribution in [0.4, 0.5) is 0 Å². The number of rotatable bonds is 6. The Morgan fingerprint density at radius 2 is 1.83 bits per heavy atom. The molecule has 0 saturated heterocycles. The fourth-order valence-corrected chi connectivity index (χ4v) is 6.77. The van der Waals surface area contributed by atoms with Crippen LogP contribution >= 0.6 is 43.4 Å². The van der Waals surface area contributed by atoms with E-state index in [9.17, 15) is 9.36 Å². The molecule has 1 unspecified atom stereocenters. The van der Waals surface area contributed by atoms with Crippen molar-refractivity contribution in [2.75, 3.05) is 13.2 Å². The molecule has 3 rings (SSSR count). The monoisotopic (exact) mass is 471 g/mol. The van der Waals surface area contributed by atoms with Crippen LogP contribution in [0.1, 0.15) is 29.9 Å². The van der Waals surface area contributed by atoms with Gasteiger partial charge in [-0.3, -0.25) is 8.54 Å². The van der Waals surface area contributed by atoms with E-state index in [0.29, 0.717) is 26.3 Å². The van der Waals surface area contributed by atoms with Crippen molar-refractivity contribution in [1.29, 1.82) is 0 Å². The van der Waals surface area contributed by atoms with Crippen molar-refractivity contribution in [3.63, 3.8) is 0 Å². The van der Waals surface area contributed by atoms with Gasteiger partial charge in [-0.1, -0.05) is 36.0 Å². The van der Waals surface area contributed by atoms with Gasteiger partial charge < -0.3 is 9.26 Å². The van der Waals surface area contributed by atoms with Gasteiger partial charge in [0.15, 0.2) is 5.69 Å². The molecule has 154 valence electrons. The van der Waals surface area contributed by atoms with Gasteiger partial charge in [0, 0.05) is 20.7 Å². The molecule has 0 bridgehead atoms. The number of nitrogens with zero attached hydrogens (tertiary/aromatic N) is 1. The third-order valence-corrected chi connectivity index (χ3v) is 7.79. The quantitative estimate of drug-likeness (QED) is 0.297. The summed E-state index contributed by atoms with van der Waals surface area (Å²) in [5.41, 5.74) is 1.43. The van der Waals surface area contributed by atoms with Crippen molar-refractivity contribution < 1.29 is 18.6 Å². The Hall–Kier alpha value is -1.43. The first-order chi connectivity index (χ1) is 13.7. The van der Waals surface area contributed by atoms with E-state index in [0.717, 1.165) is 5.56 Å². The lowest BCUT2D eigenvalue weighted by molar-refractivity contribution is 0.0520. The number of carbonyl (C=O) groups is 1. The van der Waals surface area contributed by atoms with E-state index in [4.69, 9.17) is 32.5 Å². The smallest absolute Gasteiger partial charge is 0.356 e. The lowest BCUT2D eigenvalue weighted by atomic mass is 10.2. The molecule has 0 radical (unpaired) electrons. The van der Waals surface area contributed by atoms with Gasteiger partial charge in [-0.15, -0.1) is 0 Å². The number of hydrogen-bond donors (Lipinski definition) is 1. The summed E-state index contributed by atoms with van der Waals surface area (Å²) in [4.78, 5) is 12.8. The van der Waals surface area contributed by atoms with Crippen molar-refractivity contribution in [2.45, 2.75) is 20.8 Å². The molecule has 5 nitrogen and oxygen atoms in total. The Morgan fingerprint density at radius 1 is 1.10 bits per heavy atom. The van der Waals surface area contributed by atoms with Crippen molar-refractivity contribution in [3.05, 3.63) is 57.7 Å². The van der Waals surface area contributed by atoms with Crippen molar-refractivity contribution in [1.82, 2.24) is 3.97 Å². The number of ether oxygens (including phenoxy) is 1. The Labute approximate surface area is 184 Å². The minimum Gasteiger partial charge on any atom is -0.461 e. The standard InChI is InChI=1S/C20H20Cl2NO4PS/c1-4-26-20(24)18-19(16-11-13(21)6-7-17(16)23(18)29)28(25,27-5-2)15-9-12(3)8-14(22)10-15/h6-11,29H,4-5H2,1-3H3. The maximum Gasteiger partial charge on any atom is 0.356 e. The Morgan fingerprint density at radius 3 is 2.45 bits per heavy atom. The first-order valence-corrected chi connectivity index (χ1v) is 11.7. The number of benzene rings is 2. The number of aryl methyl sites for hydroxylation is 1. The van der Waals surface area contributed by atoms with Gasteiger partial charge in [0.1, 0.15) is 0 Å². The molecule has 3 aromatic rings. The molecule has 1 heterocycles. The zero-order valence-corrected chi connectivity index (χ0v) is 19.4. The maximum absolute atomic E-state index is 14.4.